The Hall–Kier alpha value is -4.59. The van der Waals surface area contributed by atoms with Gasteiger partial charge >= 0.3 is 5.97 Å². The van der Waals surface area contributed by atoms with Gasteiger partial charge in [-0.3, -0.25) is 18.7 Å². The topological polar surface area (TPSA) is 102 Å². The van der Waals surface area contributed by atoms with Crippen LogP contribution in [0.15, 0.2) is 133 Å². The number of carbonyl (C=O) groups excluding carboxylic acids is 3. The van der Waals surface area contributed by atoms with Gasteiger partial charge in [-0.1, -0.05) is 72.8 Å². The van der Waals surface area contributed by atoms with Crippen LogP contribution in [0.1, 0.15) is 0 Å². The largest absolute Gasteiger partial charge is 0.484 e. The molecular weight excluding hydrogens is 607 g/mol. The van der Waals surface area contributed by atoms with Gasteiger partial charge in [0, 0.05) is 5.57 Å². The number of fused-ring (bicyclic) bond motifs is 1. The molecule has 0 bridgehead atoms. The Balaban J connectivity index is 1.38. The van der Waals surface area contributed by atoms with Gasteiger partial charge in [0.05, 0.1) is 29.8 Å². The van der Waals surface area contributed by atoms with Gasteiger partial charge in [-0.05, 0) is 48.5 Å². The number of nitrogens with zero attached hydrogens (tertiary/aromatic N) is 1. The molecule has 2 heterocycles. The van der Waals surface area contributed by atoms with Crippen molar-refractivity contribution < 1.29 is 28.1 Å². The third-order valence-corrected chi connectivity index (χ3v) is 14.1. The molecule has 0 unspecified atom stereocenters. The van der Waals surface area contributed by atoms with Gasteiger partial charge in [-0.15, -0.1) is 0 Å². The average molecular weight is 640 g/mol. The predicted molar refractivity (Wildman–Crippen MR) is 177 cm³/mol. The van der Waals surface area contributed by atoms with E-state index in [0.29, 0.717) is 17.5 Å². The lowest BCUT2D eigenvalue weighted by molar-refractivity contribution is -0.152. The van der Waals surface area contributed by atoms with Crippen LogP contribution in [-0.4, -0.2) is 63.9 Å². The zero-order valence-electron chi connectivity index (χ0n) is 24.6. The minimum atomic E-state index is -2.48. The highest BCUT2D eigenvalue weighted by molar-refractivity contribution is 7.96. The van der Waals surface area contributed by atoms with Crippen LogP contribution >= 0.6 is 7.26 Å². The monoisotopic (exact) mass is 639 g/mol. The van der Waals surface area contributed by atoms with Crippen molar-refractivity contribution in [2.24, 2.45) is 0 Å². The number of rotatable bonds is 10. The second-order valence-corrected chi connectivity index (χ2v) is 15.7. The molecule has 2 aliphatic rings. The van der Waals surface area contributed by atoms with Crippen molar-refractivity contribution in [3.63, 3.8) is 0 Å². The van der Waals surface area contributed by atoms with E-state index in [-0.39, 0.29) is 18.1 Å². The third-order valence-electron chi connectivity index (χ3n) is 8.03. The van der Waals surface area contributed by atoms with Crippen LogP contribution in [-0.2, 0) is 29.9 Å². The van der Waals surface area contributed by atoms with Crippen LogP contribution in [0.2, 0.25) is 0 Å². The van der Waals surface area contributed by atoms with Gasteiger partial charge in [0.25, 0.3) is 11.8 Å². The summed E-state index contributed by atoms with van der Waals surface area (Å²) >= 11 is 0. The Labute approximate surface area is 264 Å². The standard InChI is InChI=1S/C35H31N2O6PS/c1-42-35(40)32-25(24-45(41)34-31(33(39)37(32)34)36-30(38)22-43-26-14-6-2-7-15-26)23-44(27-16-8-3-9-17-27,28-18-10-4-11-19-28)29-20-12-5-13-21-29/h2-21,31,34H,22-24H2,1H3/p+1/t31-,34-,45+/m1/s1. The highest BCUT2D eigenvalue weighted by atomic mass is 32.2. The zero-order valence-corrected chi connectivity index (χ0v) is 26.3. The number of carbonyl (C=O) groups is 3. The first kappa shape index (κ1) is 30.4. The van der Waals surface area contributed by atoms with E-state index in [1.807, 2.05) is 60.7 Å². The lowest BCUT2D eigenvalue weighted by Crippen LogP contribution is -2.74. The number of amides is 2. The van der Waals surface area contributed by atoms with E-state index >= 15 is 0 Å². The number of ether oxygens (including phenoxy) is 2. The van der Waals surface area contributed by atoms with Gasteiger partial charge in [0.15, 0.2) is 6.61 Å². The Morgan fingerprint density at radius 3 is 1.80 bits per heavy atom. The van der Waals surface area contributed by atoms with E-state index in [0.717, 1.165) is 15.9 Å². The van der Waals surface area contributed by atoms with Crippen LogP contribution in [0.25, 0.3) is 0 Å². The number of methoxy groups -OCH3 is 1. The summed E-state index contributed by atoms with van der Waals surface area (Å²) in [6.07, 6.45) is 0.375. The first-order valence-corrected chi connectivity index (χ1v) is 17.8. The maximum atomic E-state index is 13.9. The first-order valence-electron chi connectivity index (χ1n) is 14.5. The fourth-order valence-corrected chi connectivity index (χ4v) is 12.2. The van der Waals surface area contributed by atoms with Gasteiger partial charge in [-0.2, -0.15) is 0 Å². The van der Waals surface area contributed by atoms with Crippen molar-refractivity contribution in [2.45, 2.75) is 11.4 Å². The molecule has 4 aromatic rings. The number of esters is 1. The molecule has 8 nitrogen and oxygen atoms in total. The summed E-state index contributed by atoms with van der Waals surface area (Å²) in [7, 11) is -2.82. The van der Waals surface area contributed by atoms with E-state index in [2.05, 4.69) is 41.7 Å². The Morgan fingerprint density at radius 2 is 1.31 bits per heavy atom. The molecule has 0 radical (unpaired) electrons. The Bertz CT molecular complexity index is 1660. The SMILES string of the molecule is COC(=O)C1=C(C[P+](c2ccccc2)(c2ccccc2)c2ccccc2)C[S@](=O)[C@@H]2[C@H](NC(=O)COc3ccccc3)C(=O)N12. The highest BCUT2D eigenvalue weighted by Gasteiger charge is 2.59. The second kappa shape index (κ2) is 13.2. The van der Waals surface area contributed by atoms with E-state index in [1.54, 1.807) is 24.3 Å². The number of benzene rings is 4. The van der Waals surface area contributed by atoms with Crippen molar-refractivity contribution in [3.05, 3.63) is 133 Å². The van der Waals surface area contributed by atoms with E-state index in [1.165, 1.54) is 12.0 Å². The van der Waals surface area contributed by atoms with Gasteiger partial charge < -0.3 is 14.8 Å². The summed E-state index contributed by atoms with van der Waals surface area (Å²) in [5.41, 5.74) is 0.692. The molecule has 2 amide bonds. The molecule has 6 rings (SSSR count). The molecule has 45 heavy (non-hydrogen) atoms. The molecule has 10 heteroatoms. The summed E-state index contributed by atoms with van der Waals surface area (Å²) in [6, 6.07) is 38.2. The quantitative estimate of drug-likeness (QED) is 0.163. The van der Waals surface area contributed by atoms with Crippen LogP contribution in [0.5, 0.6) is 5.75 Å². The summed E-state index contributed by atoms with van der Waals surface area (Å²) in [5, 5.41) is 5.04. The highest BCUT2D eigenvalue weighted by Crippen LogP contribution is 2.57. The van der Waals surface area contributed by atoms with Crippen molar-refractivity contribution >= 4 is 51.8 Å². The van der Waals surface area contributed by atoms with Crippen molar-refractivity contribution in [1.82, 2.24) is 10.2 Å². The fourth-order valence-electron chi connectivity index (χ4n) is 6.00. The Morgan fingerprint density at radius 1 is 0.822 bits per heavy atom. The van der Waals surface area contributed by atoms with Gasteiger partial charge in [0.2, 0.25) is 0 Å². The molecular formula is C35H32N2O6PS+. The number of β-lactam (4-membered cyclic amide) rings is 1. The molecule has 1 fully saturated rings. The maximum absolute atomic E-state index is 13.9. The lowest BCUT2D eigenvalue weighted by atomic mass is 10.0. The third kappa shape index (κ3) is 5.81. The summed E-state index contributed by atoms with van der Waals surface area (Å²) in [6.45, 7) is -0.309. The van der Waals surface area contributed by atoms with E-state index in [9.17, 15) is 18.6 Å². The molecule has 0 aromatic heterocycles. The van der Waals surface area contributed by atoms with Crippen molar-refractivity contribution in [1.29, 1.82) is 0 Å². The van der Waals surface area contributed by atoms with Crippen LogP contribution in [0, 0.1) is 0 Å². The van der Waals surface area contributed by atoms with Gasteiger partial charge in [0.1, 0.15) is 46.0 Å². The van der Waals surface area contributed by atoms with Crippen molar-refractivity contribution in [2.75, 3.05) is 25.6 Å². The average Bonchev–Trinajstić information content (AvgIpc) is 3.09. The minimum absolute atomic E-state index is 0.0556. The van der Waals surface area contributed by atoms with Crippen LogP contribution < -0.4 is 26.0 Å². The zero-order chi connectivity index (χ0) is 31.4. The normalized spacial score (nSPS) is 19.3. The predicted octanol–water partition coefficient (Wildman–Crippen LogP) is 2.90. The summed E-state index contributed by atoms with van der Waals surface area (Å²) in [4.78, 5) is 41.0. The number of hydrogen-bond acceptors (Lipinski definition) is 6. The molecule has 2 aliphatic heterocycles. The van der Waals surface area contributed by atoms with E-state index in [4.69, 9.17) is 9.47 Å². The molecule has 0 aliphatic carbocycles. The second-order valence-electron chi connectivity index (χ2n) is 10.7. The Kier molecular flexibility index (Phi) is 8.92. The smallest absolute Gasteiger partial charge is 0.354 e. The first-order chi connectivity index (χ1) is 21.9. The molecule has 4 aromatic carbocycles. The number of para-hydroxylation sites is 1. The van der Waals surface area contributed by atoms with E-state index < -0.39 is 47.3 Å². The number of hydrogen-bond donors (Lipinski definition) is 1. The molecule has 3 atom stereocenters. The molecule has 1 saturated heterocycles. The summed E-state index contributed by atoms with van der Waals surface area (Å²) < 4.78 is 24.6. The maximum Gasteiger partial charge on any atom is 0.354 e. The molecule has 1 N–H and O–H groups in total. The molecule has 0 saturated carbocycles. The van der Waals surface area contributed by atoms with Crippen LogP contribution in [0.3, 0.4) is 0 Å². The minimum Gasteiger partial charge on any atom is -0.484 e. The van der Waals surface area contributed by atoms with Crippen LogP contribution in [0.4, 0.5) is 0 Å². The van der Waals surface area contributed by atoms with Crippen molar-refractivity contribution in [3.8, 4) is 5.75 Å². The molecule has 228 valence electrons. The lowest BCUT2D eigenvalue weighted by Gasteiger charge is -2.49. The molecule has 0 spiro atoms. The fraction of sp³-hybridized carbons (Fsp3) is 0.171. The number of nitrogens with one attached hydrogen (secondary N) is 1. The summed E-state index contributed by atoms with van der Waals surface area (Å²) in [5.74, 6) is -1.14. The van der Waals surface area contributed by atoms with Gasteiger partial charge in [-0.25, -0.2) is 4.79 Å².